The van der Waals surface area contributed by atoms with E-state index in [9.17, 15) is 18.9 Å². The number of hydrogen-bond donors (Lipinski definition) is 2. The highest BCUT2D eigenvalue weighted by Crippen LogP contribution is 2.24. The molecule has 6 nitrogen and oxygen atoms in total. The maximum absolute atomic E-state index is 13.6. The van der Waals surface area contributed by atoms with Crippen LogP contribution in [0.15, 0.2) is 12.1 Å². The molecule has 8 heteroatoms. The number of rotatable bonds is 4. The Morgan fingerprint density at radius 2 is 2.16 bits per heavy atom. The summed E-state index contributed by atoms with van der Waals surface area (Å²) in [6.07, 6.45) is 0. The normalized spacial score (nSPS) is 19.2. The van der Waals surface area contributed by atoms with Crippen LogP contribution < -0.4 is 10.6 Å². The summed E-state index contributed by atoms with van der Waals surface area (Å²) in [6.45, 7) is 2.00. The predicted octanol–water partition coefficient (Wildman–Crippen LogP) is 1.27. The minimum Gasteiger partial charge on any atom is -0.379 e. The largest absolute Gasteiger partial charge is 0.379 e. The van der Waals surface area contributed by atoms with E-state index >= 15 is 0 Å². The topological polar surface area (TPSA) is 76.4 Å². The SMILES string of the molecule is O=[N+]([O-])c1cc(F)c(NCC2COCCN2)c(F)c1. The van der Waals surface area contributed by atoms with Gasteiger partial charge >= 0.3 is 0 Å². The van der Waals surface area contributed by atoms with Gasteiger partial charge < -0.3 is 15.4 Å². The van der Waals surface area contributed by atoms with E-state index in [1.807, 2.05) is 0 Å². The molecule has 0 aliphatic carbocycles. The van der Waals surface area contributed by atoms with Gasteiger partial charge in [-0.3, -0.25) is 10.1 Å². The van der Waals surface area contributed by atoms with Crippen molar-refractivity contribution in [3.63, 3.8) is 0 Å². The van der Waals surface area contributed by atoms with Gasteiger partial charge in [0.25, 0.3) is 5.69 Å². The van der Waals surface area contributed by atoms with Crippen LogP contribution in [-0.4, -0.2) is 37.3 Å². The van der Waals surface area contributed by atoms with Gasteiger partial charge in [-0.15, -0.1) is 0 Å². The molecule has 0 bridgehead atoms. The molecule has 2 N–H and O–H groups in total. The molecule has 0 saturated carbocycles. The fourth-order valence-electron chi connectivity index (χ4n) is 1.81. The molecule has 1 heterocycles. The van der Waals surface area contributed by atoms with Gasteiger partial charge in [-0.1, -0.05) is 0 Å². The van der Waals surface area contributed by atoms with Crippen molar-refractivity contribution >= 4 is 11.4 Å². The number of hydrogen-bond acceptors (Lipinski definition) is 5. The van der Waals surface area contributed by atoms with Crippen molar-refractivity contribution in [3.8, 4) is 0 Å². The summed E-state index contributed by atoms with van der Waals surface area (Å²) in [5.74, 6) is -1.97. The van der Waals surface area contributed by atoms with Gasteiger partial charge in [-0.2, -0.15) is 0 Å². The van der Waals surface area contributed by atoms with Crippen molar-refractivity contribution in [2.45, 2.75) is 6.04 Å². The number of nitrogens with zero attached hydrogens (tertiary/aromatic N) is 1. The van der Waals surface area contributed by atoms with E-state index in [1.54, 1.807) is 0 Å². The molecule has 0 spiro atoms. The van der Waals surface area contributed by atoms with Crippen LogP contribution in [0.5, 0.6) is 0 Å². The third kappa shape index (κ3) is 3.36. The van der Waals surface area contributed by atoms with E-state index in [0.717, 1.165) is 0 Å². The van der Waals surface area contributed by atoms with Crippen LogP contribution >= 0.6 is 0 Å². The predicted molar refractivity (Wildman–Crippen MR) is 64.1 cm³/mol. The molecule has 1 atom stereocenters. The van der Waals surface area contributed by atoms with E-state index in [-0.39, 0.29) is 18.3 Å². The Labute approximate surface area is 107 Å². The van der Waals surface area contributed by atoms with E-state index in [1.165, 1.54) is 0 Å². The molecule has 1 aliphatic heterocycles. The van der Waals surface area contributed by atoms with E-state index in [2.05, 4.69) is 10.6 Å². The van der Waals surface area contributed by atoms with Crippen molar-refractivity contribution in [2.75, 3.05) is 31.6 Å². The minimum atomic E-state index is -0.983. The number of nitro benzene ring substituents is 1. The monoisotopic (exact) mass is 273 g/mol. The second kappa shape index (κ2) is 5.89. The van der Waals surface area contributed by atoms with Gasteiger partial charge in [0.05, 0.1) is 30.3 Å². The van der Waals surface area contributed by atoms with Crippen LogP contribution in [0.3, 0.4) is 0 Å². The first kappa shape index (κ1) is 13.6. The Balaban J connectivity index is 2.05. The number of morpholine rings is 1. The van der Waals surface area contributed by atoms with Crippen LogP contribution in [0.2, 0.25) is 0 Å². The Hall–Kier alpha value is -1.80. The molecule has 1 fully saturated rings. The fraction of sp³-hybridized carbons (Fsp3) is 0.455. The summed E-state index contributed by atoms with van der Waals surface area (Å²) in [7, 11) is 0. The van der Waals surface area contributed by atoms with Crippen LogP contribution in [0, 0.1) is 21.7 Å². The Morgan fingerprint density at radius 1 is 1.47 bits per heavy atom. The van der Waals surface area contributed by atoms with Gasteiger partial charge in [0.15, 0.2) is 11.6 Å². The Bertz CT molecular complexity index is 455. The third-order valence-corrected chi connectivity index (χ3v) is 2.76. The lowest BCUT2D eigenvalue weighted by Gasteiger charge is -2.24. The first-order valence-electron chi connectivity index (χ1n) is 5.76. The van der Waals surface area contributed by atoms with Gasteiger partial charge in [0, 0.05) is 19.1 Å². The summed E-state index contributed by atoms with van der Waals surface area (Å²) < 4.78 is 32.3. The maximum atomic E-state index is 13.6. The summed E-state index contributed by atoms with van der Waals surface area (Å²) in [5.41, 5.74) is -0.974. The molecule has 104 valence electrons. The first-order chi connectivity index (χ1) is 9.08. The highest BCUT2D eigenvalue weighted by atomic mass is 19.1. The lowest BCUT2D eigenvalue weighted by molar-refractivity contribution is -0.385. The molecule has 19 heavy (non-hydrogen) atoms. The molecule has 1 aliphatic rings. The van der Waals surface area contributed by atoms with Gasteiger partial charge in [0.2, 0.25) is 0 Å². The zero-order valence-electron chi connectivity index (χ0n) is 9.99. The summed E-state index contributed by atoms with van der Waals surface area (Å²) in [4.78, 5) is 9.61. The quantitative estimate of drug-likeness (QED) is 0.638. The highest BCUT2D eigenvalue weighted by molar-refractivity contribution is 5.51. The number of halogens is 2. The van der Waals surface area contributed by atoms with Crippen molar-refractivity contribution in [1.29, 1.82) is 0 Å². The zero-order chi connectivity index (χ0) is 13.8. The smallest absolute Gasteiger partial charge is 0.275 e. The molecular formula is C11H13F2N3O3. The molecule has 0 radical (unpaired) electrons. The van der Waals surface area contributed by atoms with Gasteiger partial charge in [-0.25, -0.2) is 8.78 Å². The summed E-state index contributed by atoms with van der Waals surface area (Å²) in [5, 5.41) is 16.2. The number of benzene rings is 1. The molecule has 2 rings (SSSR count). The number of nitrogens with one attached hydrogen (secondary N) is 2. The molecule has 1 unspecified atom stereocenters. The molecule has 0 amide bonds. The van der Waals surface area contributed by atoms with E-state index < -0.39 is 22.2 Å². The fourth-order valence-corrected chi connectivity index (χ4v) is 1.81. The van der Waals surface area contributed by atoms with Crippen molar-refractivity contribution in [2.24, 2.45) is 0 Å². The first-order valence-corrected chi connectivity index (χ1v) is 5.76. The lowest BCUT2D eigenvalue weighted by atomic mass is 10.2. The van der Waals surface area contributed by atoms with Crippen molar-refractivity contribution < 1.29 is 18.4 Å². The summed E-state index contributed by atoms with van der Waals surface area (Å²) >= 11 is 0. The maximum Gasteiger partial charge on any atom is 0.275 e. The standard InChI is InChI=1S/C11H13F2N3O3/c12-9-3-8(16(17)18)4-10(13)11(9)15-5-7-6-19-2-1-14-7/h3-4,7,14-15H,1-2,5-6H2. The van der Waals surface area contributed by atoms with Crippen LogP contribution in [0.25, 0.3) is 0 Å². The molecule has 1 saturated heterocycles. The van der Waals surface area contributed by atoms with Crippen LogP contribution in [0.4, 0.5) is 20.2 Å². The molecule has 1 aromatic carbocycles. The van der Waals surface area contributed by atoms with Crippen LogP contribution in [-0.2, 0) is 4.74 Å². The van der Waals surface area contributed by atoms with Crippen LogP contribution in [0.1, 0.15) is 0 Å². The molecule has 1 aromatic rings. The zero-order valence-corrected chi connectivity index (χ0v) is 9.99. The second-order valence-electron chi connectivity index (χ2n) is 4.15. The summed E-state index contributed by atoms with van der Waals surface area (Å²) in [6, 6.07) is 1.33. The molecule has 0 aromatic heterocycles. The Kier molecular flexibility index (Phi) is 4.23. The average Bonchev–Trinajstić information content (AvgIpc) is 2.38. The average molecular weight is 273 g/mol. The van der Waals surface area contributed by atoms with Crippen molar-refractivity contribution in [3.05, 3.63) is 33.9 Å². The molecular weight excluding hydrogens is 260 g/mol. The van der Waals surface area contributed by atoms with E-state index in [4.69, 9.17) is 4.74 Å². The van der Waals surface area contributed by atoms with E-state index in [0.29, 0.717) is 31.9 Å². The second-order valence-corrected chi connectivity index (χ2v) is 4.15. The number of non-ortho nitro benzene ring substituents is 1. The van der Waals surface area contributed by atoms with Crippen molar-refractivity contribution in [1.82, 2.24) is 5.32 Å². The number of nitro groups is 1. The Morgan fingerprint density at radius 3 is 2.68 bits per heavy atom. The number of anilines is 1. The van der Waals surface area contributed by atoms with Gasteiger partial charge in [-0.05, 0) is 0 Å². The number of ether oxygens (including phenoxy) is 1. The highest BCUT2D eigenvalue weighted by Gasteiger charge is 2.19. The third-order valence-electron chi connectivity index (χ3n) is 2.76. The lowest BCUT2D eigenvalue weighted by Crippen LogP contribution is -2.45. The minimum absolute atomic E-state index is 0.0530. The van der Waals surface area contributed by atoms with Gasteiger partial charge in [0.1, 0.15) is 5.69 Å².